The number of hydrogen-bond donors (Lipinski definition) is 2. The molecule has 5 nitrogen and oxygen atoms in total. The molecule has 24 heavy (non-hydrogen) atoms. The van der Waals surface area contributed by atoms with Crippen molar-refractivity contribution in [3.05, 3.63) is 39.8 Å². The molecule has 1 aliphatic rings. The Bertz CT molecular complexity index is 697. The monoisotopic (exact) mass is 355 g/mol. The Morgan fingerprint density at radius 1 is 1.29 bits per heavy atom. The van der Waals surface area contributed by atoms with Crippen LogP contribution in [-0.2, 0) is 22.4 Å². The zero-order chi connectivity index (χ0) is 18.0. The molecule has 0 saturated heterocycles. The van der Waals surface area contributed by atoms with Crippen molar-refractivity contribution >= 4 is 29.2 Å². The van der Waals surface area contributed by atoms with E-state index >= 15 is 0 Å². The minimum absolute atomic E-state index is 0.00441. The standard InChI is InChI=1S/C17H19ClFNO4/c1-3-9-7-13(11(4-2)14(18)15(9)19)20(10-5-6-10)8-12(16(21)22)17(23)24/h7-8,10H,3-6H2,1-2H3,(H,21,22)(H,23,24). The molecule has 0 heterocycles. The molecule has 0 atom stereocenters. The maximum absolute atomic E-state index is 14.3. The van der Waals surface area contributed by atoms with Crippen LogP contribution >= 0.6 is 11.6 Å². The first kappa shape index (κ1) is 18.3. The van der Waals surface area contributed by atoms with E-state index < -0.39 is 23.3 Å². The van der Waals surface area contributed by atoms with E-state index in [2.05, 4.69) is 0 Å². The van der Waals surface area contributed by atoms with Crippen LogP contribution in [0.2, 0.25) is 5.02 Å². The van der Waals surface area contributed by atoms with Gasteiger partial charge in [-0.05, 0) is 42.9 Å². The van der Waals surface area contributed by atoms with Gasteiger partial charge in [-0.15, -0.1) is 0 Å². The summed E-state index contributed by atoms with van der Waals surface area (Å²) in [5.41, 5.74) is 0.800. The third kappa shape index (κ3) is 3.53. The fourth-order valence-electron chi connectivity index (χ4n) is 2.59. The van der Waals surface area contributed by atoms with Crippen molar-refractivity contribution in [3.63, 3.8) is 0 Å². The third-order valence-electron chi connectivity index (χ3n) is 4.04. The van der Waals surface area contributed by atoms with Crippen LogP contribution in [-0.4, -0.2) is 28.2 Å². The molecule has 1 fully saturated rings. The van der Waals surface area contributed by atoms with Crippen LogP contribution in [0.3, 0.4) is 0 Å². The van der Waals surface area contributed by atoms with E-state index in [-0.39, 0.29) is 11.1 Å². The highest BCUT2D eigenvalue weighted by atomic mass is 35.5. The smallest absolute Gasteiger partial charge is 0.344 e. The molecule has 0 spiro atoms. The number of rotatable bonds is 7. The minimum atomic E-state index is -1.52. The first-order valence-electron chi connectivity index (χ1n) is 7.78. The lowest BCUT2D eigenvalue weighted by Gasteiger charge is -2.25. The Morgan fingerprint density at radius 2 is 1.88 bits per heavy atom. The Labute approximate surface area is 144 Å². The third-order valence-corrected chi connectivity index (χ3v) is 4.44. The summed E-state index contributed by atoms with van der Waals surface area (Å²) in [4.78, 5) is 24.0. The van der Waals surface area contributed by atoms with Crippen LogP contribution in [0.4, 0.5) is 10.1 Å². The van der Waals surface area contributed by atoms with E-state index in [1.807, 2.05) is 6.92 Å². The number of aliphatic carboxylic acids is 2. The van der Waals surface area contributed by atoms with Gasteiger partial charge in [-0.3, -0.25) is 0 Å². The predicted molar refractivity (Wildman–Crippen MR) is 89.0 cm³/mol. The van der Waals surface area contributed by atoms with E-state index in [9.17, 15) is 14.0 Å². The van der Waals surface area contributed by atoms with Gasteiger partial charge >= 0.3 is 11.9 Å². The lowest BCUT2D eigenvalue weighted by Crippen LogP contribution is -2.25. The highest BCUT2D eigenvalue weighted by molar-refractivity contribution is 6.32. The molecule has 1 aromatic carbocycles. The molecule has 0 aliphatic heterocycles. The fourth-order valence-corrected chi connectivity index (χ4v) is 2.94. The molecule has 0 amide bonds. The predicted octanol–water partition coefficient (Wildman–Crippen LogP) is 3.63. The van der Waals surface area contributed by atoms with E-state index in [4.69, 9.17) is 21.8 Å². The van der Waals surface area contributed by atoms with Crippen molar-refractivity contribution in [1.82, 2.24) is 0 Å². The molecule has 0 aromatic heterocycles. The van der Waals surface area contributed by atoms with Crippen molar-refractivity contribution in [2.45, 2.75) is 45.6 Å². The molecule has 0 unspecified atom stereocenters. The van der Waals surface area contributed by atoms with Crippen LogP contribution in [0.25, 0.3) is 0 Å². The molecule has 1 aliphatic carbocycles. The highest BCUT2D eigenvalue weighted by Crippen LogP contribution is 2.39. The zero-order valence-corrected chi connectivity index (χ0v) is 14.2. The number of aryl methyl sites for hydroxylation is 1. The maximum atomic E-state index is 14.3. The number of halogens is 2. The van der Waals surface area contributed by atoms with Crippen LogP contribution in [0, 0.1) is 5.82 Å². The van der Waals surface area contributed by atoms with Gasteiger partial charge in [0.1, 0.15) is 5.82 Å². The Balaban J connectivity index is 2.64. The number of anilines is 1. The molecule has 2 rings (SSSR count). The summed E-state index contributed by atoms with van der Waals surface area (Å²) in [6.45, 7) is 3.61. The minimum Gasteiger partial charge on any atom is -0.477 e. The van der Waals surface area contributed by atoms with E-state index in [0.29, 0.717) is 29.7 Å². The number of carboxylic acid groups (broad SMARTS) is 2. The van der Waals surface area contributed by atoms with Crippen LogP contribution in [0.5, 0.6) is 0 Å². The lowest BCUT2D eigenvalue weighted by molar-refractivity contribution is -0.140. The fraction of sp³-hybridized carbons (Fsp3) is 0.412. The van der Waals surface area contributed by atoms with Crippen molar-refractivity contribution < 1.29 is 24.2 Å². The summed E-state index contributed by atoms with van der Waals surface area (Å²) in [5, 5.41) is 18.2. The average molecular weight is 356 g/mol. The van der Waals surface area contributed by atoms with Crippen molar-refractivity contribution in [1.29, 1.82) is 0 Å². The first-order valence-corrected chi connectivity index (χ1v) is 8.16. The van der Waals surface area contributed by atoms with Gasteiger partial charge in [0.05, 0.1) is 5.02 Å². The van der Waals surface area contributed by atoms with E-state index in [1.54, 1.807) is 17.9 Å². The van der Waals surface area contributed by atoms with E-state index in [1.165, 1.54) is 0 Å². The molecule has 1 aromatic rings. The lowest BCUT2D eigenvalue weighted by atomic mass is 10.0. The highest BCUT2D eigenvalue weighted by Gasteiger charge is 2.32. The second-order valence-corrected chi connectivity index (χ2v) is 6.04. The van der Waals surface area contributed by atoms with Gasteiger partial charge in [0.25, 0.3) is 0 Å². The molecule has 7 heteroatoms. The Kier molecular flexibility index (Phi) is 5.49. The summed E-state index contributed by atoms with van der Waals surface area (Å²) >= 11 is 6.16. The zero-order valence-electron chi connectivity index (χ0n) is 13.5. The van der Waals surface area contributed by atoms with Gasteiger partial charge in [-0.1, -0.05) is 25.4 Å². The molecule has 1 saturated carbocycles. The first-order chi connectivity index (χ1) is 11.3. The number of hydrogen-bond acceptors (Lipinski definition) is 3. The van der Waals surface area contributed by atoms with Crippen LogP contribution < -0.4 is 4.90 Å². The van der Waals surface area contributed by atoms with Crippen LogP contribution in [0.15, 0.2) is 17.8 Å². The molecule has 0 radical (unpaired) electrons. The topological polar surface area (TPSA) is 77.8 Å². The SMILES string of the molecule is CCc1cc(N(C=C(C(=O)O)C(=O)O)C2CC2)c(CC)c(Cl)c1F. The number of carbonyl (C=O) groups is 2. The summed E-state index contributed by atoms with van der Waals surface area (Å²) in [6, 6.07) is 1.63. The Morgan fingerprint density at radius 3 is 2.29 bits per heavy atom. The second-order valence-electron chi connectivity index (χ2n) is 5.66. The van der Waals surface area contributed by atoms with Gasteiger partial charge in [0.15, 0.2) is 5.57 Å². The quantitative estimate of drug-likeness (QED) is 0.443. The molecular weight excluding hydrogens is 337 g/mol. The summed E-state index contributed by atoms with van der Waals surface area (Å²) in [6.07, 6.45) is 3.60. The van der Waals surface area contributed by atoms with E-state index in [0.717, 1.165) is 19.0 Å². The summed E-state index contributed by atoms with van der Waals surface area (Å²) in [5.74, 6) is -3.51. The van der Waals surface area contributed by atoms with Gasteiger partial charge in [-0.2, -0.15) is 0 Å². The average Bonchev–Trinajstić information content (AvgIpc) is 3.35. The molecule has 130 valence electrons. The van der Waals surface area contributed by atoms with Gasteiger partial charge in [0.2, 0.25) is 0 Å². The van der Waals surface area contributed by atoms with Gasteiger partial charge < -0.3 is 15.1 Å². The summed E-state index contributed by atoms with van der Waals surface area (Å²) in [7, 11) is 0. The molecule has 2 N–H and O–H groups in total. The van der Waals surface area contributed by atoms with Gasteiger partial charge in [0, 0.05) is 17.9 Å². The second kappa shape index (κ2) is 7.21. The Hall–Kier alpha value is -2.08. The number of carboxylic acids is 2. The van der Waals surface area contributed by atoms with Crippen molar-refractivity contribution in [2.24, 2.45) is 0 Å². The normalized spacial score (nSPS) is 13.5. The van der Waals surface area contributed by atoms with Gasteiger partial charge in [-0.25, -0.2) is 14.0 Å². The van der Waals surface area contributed by atoms with Crippen molar-refractivity contribution in [3.8, 4) is 0 Å². The largest absolute Gasteiger partial charge is 0.477 e. The number of nitrogens with zero attached hydrogens (tertiary/aromatic N) is 1. The van der Waals surface area contributed by atoms with Crippen LogP contribution in [0.1, 0.15) is 37.8 Å². The van der Waals surface area contributed by atoms with Crippen molar-refractivity contribution in [2.75, 3.05) is 4.90 Å². The molecular formula is C17H19ClFNO4. The molecule has 0 bridgehead atoms. The number of benzene rings is 1. The maximum Gasteiger partial charge on any atom is 0.344 e. The summed E-state index contributed by atoms with van der Waals surface area (Å²) < 4.78 is 14.3.